The van der Waals surface area contributed by atoms with Crippen LogP contribution < -0.4 is 11.1 Å². The molecule has 0 saturated carbocycles. The van der Waals surface area contributed by atoms with E-state index in [1.807, 2.05) is 0 Å². The number of phenolic OH excluding ortho intramolecular Hbond substituents is 1. The van der Waals surface area contributed by atoms with Gasteiger partial charge >= 0.3 is 0 Å². The first-order chi connectivity index (χ1) is 12.0. The van der Waals surface area contributed by atoms with Gasteiger partial charge < -0.3 is 16.2 Å². The summed E-state index contributed by atoms with van der Waals surface area (Å²) in [6, 6.07) is 13.4. The lowest BCUT2D eigenvalue weighted by atomic mass is 10.2. The van der Waals surface area contributed by atoms with Gasteiger partial charge in [0.05, 0.1) is 0 Å². The lowest BCUT2D eigenvalue weighted by Gasteiger charge is -2.04. The number of rotatable bonds is 5. The number of amides is 1. The van der Waals surface area contributed by atoms with Crippen LogP contribution in [0.25, 0.3) is 0 Å². The molecule has 0 fully saturated rings. The minimum Gasteiger partial charge on any atom is -0.508 e. The van der Waals surface area contributed by atoms with E-state index in [1.54, 1.807) is 36.4 Å². The van der Waals surface area contributed by atoms with Crippen molar-refractivity contribution in [1.29, 1.82) is 0 Å². The van der Waals surface area contributed by atoms with E-state index in [4.69, 9.17) is 17.3 Å². The van der Waals surface area contributed by atoms with Crippen molar-refractivity contribution in [2.24, 2.45) is 10.7 Å². The molecule has 3 rings (SSSR count). The molecule has 8 heteroatoms. The number of primary amides is 1. The maximum Gasteiger partial charge on any atom is 0.256 e. The van der Waals surface area contributed by atoms with Gasteiger partial charge in [0.2, 0.25) is 0 Å². The van der Waals surface area contributed by atoms with Gasteiger partial charge in [0, 0.05) is 16.9 Å². The number of aliphatic imine (C=N–C) groups is 1. The number of aromatic amines is 1. The minimum absolute atomic E-state index is 0.134. The van der Waals surface area contributed by atoms with E-state index in [2.05, 4.69) is 20.5 Å². The van der Waals surface area contributed by atoms with E-state index < -0.39 is 5.91 Å². The second kappa shape index (κ2) is 7.06. The van der Waals surface area contributed by atoms with Crippen molar-refractivity contribution in [3.8, 4) is 5.75 Å². The SMILES string of the molecule is NC(=O)c1c(Nc2cccc(Cl)c2)n[nH]c1/N=C/c1ccc(O)cc1. The quantitative estimate of drug-likeness (QED) is 0.525. The molecule has 0 saturated heterocycles. The number of nitrogens with one attached hydrogen (secondary N) is 2. The number of nitrogens with two attached hydrogens (primary N) is 1. The van der Waals surface area contributed by atoms with Crippen LogP contribution in [0.4, 0.5) is 17.3 Å². The van der Waals surface area contributed by atoms with Gasteiger partial charge in [0.15, 0.2) is 11.6 Å². The van der Waals surface area contributed by atoms with E-state index in [0.717, 1.165) is 5.56 Å². The Morgan fingerprint density at radius 3 is 2.72 bits per heavy atom. The van der Waals surface area contributed by atoms with Crippen molar-refractivity contribution in [3.63, 3.8) is 0 Å². The van der Waals surface area contributed by atoms with Crippen molar-refractivity contribution >= 4 is 41.0 Å². The van der Waals surface area contributed by atoms with Crippen molar-refractivity contribution < 1.29 is 9.90 Å². The number of anilines is 2. The van der Waals surface area contributed by atoms with Crippen LogP contribution in [-0.4, -0.2) is 27.4 Å². The number of hydrogen-bond acceptors (Lipinski definition) is 5. The van der Waals surface area contributed by atoms with Crippen LogP contribution >= 0.6 is 11.6 Å². The Kier molecular flexibility index (Phi) is 4.67. The van der Waals surface area contributed by atoms with Crippen molar-refractivity contribution in [2.75, 3.05) is 5.32 Å². The molecule has 0 atom stereocenters. The Morgan fingerprint density at radius 1 is 1.28 bits per heavy atom. The third-order valence-corrected chi connectivity index (χ3v) is 3.55. The molecule has 0 bridgehead atoms. The minimum atomic E-state index is -0.670. The summed E-state index contributed by atoms with van der Waals surface area (Å²) in [6.07, 6.45) is 1.53. The van der Waals surface area contributed by atoms with Gasteiger partial charge in [-0.05, 0) is 48.0 Å². The zero-order valence-electron chi connectivity index (χ0n) is 12.9. The number of carbonyl (C=O) groups is 1. The molecule has 3 aromatic rings. The second-order valence-electron chi connectivity index (χ2n) is 5.15. The predicted octanol–water partition coefficient (Wildman–Crippen LogP) is 3.36. The molecular formula is C17H14ClN5O2. The van der Waals surface area contributed by atoms with Crippen LogP contribution in [0, 0.1) is 0 Å². The van der Waals surface area contributed by atoms with Gasteiger partial charge in [0.1, 0.15) is 11.3 Å². The molecule has 0 unspecified atom stereocenters. The summed E-state index contributed by atoms with van der Waals surface area (Å²) in [5.41, 5.74) is 7.00. The Balaban J connectivity index is 1.89. The number of aromatic hydroxyl groups is 1. The normalized spacial score (nSPS) is 10.9. The number of phenols is 1. The Bertz CT molecular complexity index is 934. The van der Waals surface area contributed by atoms with Gasteiger partial charge in [-0.15, -0.1) is 0 Å². The molecule has 2 aromatic carbocycles. The second-order valence-corrected chi connectivity index (χ2v) is 5.58. The molecule has 1 amide bonds. The van der Waals surface area contributed by atoms with Crippen molar-refractivity contribution in [2.45, 2.75) is 0 Å². The van der Waals surface area contributed by atoms with Gasteiger partial charge in [-0.1, -0.05) is 17.7 Å². The highest BCUT2D eigenvalue weighted by Gasteiger charge is 2.18. The van der Waals surface area contributed by atoms with Crippen LogP contribution in [0.15, 0.2) is 53.5 Å². The van der Waals surface area contributed by atoms with Gasteiger partial charge in [-0.25, -0.2) is 4.99 Å². The number of H-pyrrole nitrogens is 1. The molecular weight excluding hydrogens is 342 g/mol. The molecule has 126 valence electrons. The van der Waals surface area contributed by atoms with Crippen molar-refractivity contribution in [1.82, 2.24) is 10.2 Å². The fraction of sp³-hybridized carbons (Fsp3) is 0. The summed E-state index contributed by atoms with van der Waals surface area (Å²) in [5.74, 6) is -0.0293. The van der Waals surface area contributed by atoms with E-state index in [0.29, 0.717) is 10.7 Å². The molecule has 7 nitrogen and oxygen atoms in total. The van der Waals surface area contributed by atoms with Crippen LogP contribution in [0.2, 0.25) is 5.02 Å². The van der Waals surface area contributed by atoms with Crippen LogP contribution in [-0.2, 0) is 0 Å². The van der Waals surface area contributed by atoms with Crippen LogP contribution in [0.3, 0.4) is 0 Å². The maximum absolute atomic E-state index is 11.8. The standard InChI is InChI=1S/C17H14ClN5O2/c18-11-2-1-3-12(8-11)21-17-14(15(19)25)16(22-23-17)20-9-10-4-6-13(24)7-5-10/h1-9,24H,(H2,19,25)(H2,21,22,23)/b20-9+. The van der Waals surface area contributed by atoms with Gasteiger partial charge in [0.25, 0.3) is 5.91 Å². The van der Waals surface area contributed by atoms with E-state index in [1.165, 1.54) is 18.3 Å². The number of aromatic nitrogens is 2. The fourth-order valence-corrected chi connectivity index (χ4v) is 2.34. The van der Waals surface area contributed by atoms with E-state index in [-0.39, 0.29) is 22.9 Å². The average molecular weight is 356 g/mol. The first kappa shape index (κ1) is 16.5. The number of halogens is 1. The number of hydrogen-bond donors (Lipinski definition) is 4. The van der Waals surface area contributed by atoms with Gasteiger partial charge in [-0.3, -0.25) is 9.89 Å². The van der Waals surface area contributed by atoms with Crippen LogP contribution in [0.5, 0.6) is 5.75 Å². The maximum atomic E-state index is 11.8. The monoisotopic (exact) mass is 355 g/mol. The highest BCUT2D eigenvalue weighted by atomic mass is 35.5. The number of carbonyl (C=O) groups excluding carboxylic acids is 1. The molecule has 1 heterocycles. The molecule has 0 aliphatic heterocycles. The number of nitrogens with zero attached hydrogens (tertiary/aromatic N) is 2. The molecule has 0 spiro atoms. The summed E-state index contributed by atoms with van der Waals surface area (Å²) >= 11 is 5.95. The first-order valence-electron chi connectivity index (χ1n) is 7.27. The summed E-state index contributed by atoms with van der Waals surface area (Å²) in [6.45, 7) is 0. The average Bonchev–Trinajstić information content (AvgIpc) is 2.97. The Labute approximate surface area is 148 Å². The topological polar surface area (TPSA) is 116 Å². The first-order valence-corrected chi connectivity index (χ1v) is 7.64. The zero-order chi connectivity index (χ0) is 17.8. The highest BCUT2D eigenvalue weighted by Crippen LogP contribution is 2.27. The predicted molar refractivity (Wildman–Crippen MR) is 97.2 cm³/mol. The van der Waals surface area contributed by atoms with Crippen LogP contribution in [0.1, 0.15) is 15.9 Å². The van der Waals surface area contributed by atoms with E-state index >= 15 is 0 Å². The molecule has 0 aliphatic carbocycles. The lowest BCUT2D eigenvalue weighted by molar-refractivity contribution is 0.100. The lowest BCUT2D eigenvalue weighted by Crippen LogP contribution is -2.12. The molecule has 5 N–H and O–H groups in total. The molecule has 0 aliphatic rings. The largest absolute Gasteiger partial charge is 0.508 e. The third kappa shape index (κ3) is 3.96. The fourth-order valence-electron chi connectivity index (χ4n) is 2.15. The molecule has 1 aromatic heterocycles. The molecule has 25 heavy (non-hydrogen) atoms. The summed E-state index contributed by atoms with van der Waals surface area (Å²) in [4.78, 5) is 16.0. The van der Waals surface area contributed by atoms with Gasteiger partial charge in [-0.2, -0.15) is 5.10 Å². The summed E-state index contributed by atoms with van der Waals surface area (Å²) in [7, 11) is 0. The zero-order valence-corrected chi connectivity index (χ0v) is 13.7. The third-order valence-electron chi connectivity index (χ3n) is 3.32. The Hall–Kier alpha value is -3.32. The summed E-state index contributed by atoms with van der Waals surface area (Å²) < 4.78 is 0. The smallest absolute Gasteiger partial charge is 0.256 e. The summed E-state index contributed by atoms with van der Waals surface area (Å²) in [5, 5.41) is 19.5. The van der Waals surface area contributed by atoms with Crippen molar-refractivity contribution in [3.05, 3.63) is 64.7 Å². The Morgan fingerprint density at radius 2 is 2.04 bits per heavy atom. The number of benzene rings is 2. The highest BCUT2D eigenvalue weighted by molar-refractivity contribution is 6.30. The molecule has 0 radical (unpaired) electrons. The van der Waals surface area contributed by atoms with E-state index in [9.17, 15) is 9.90 Å².